The van der Waals surface area contributed by atoms with Crippen LogP contribution in [0.5, 0.6) is 5.75 Å². The molecule has 1 aromatic heterocycles. The van der Waals surface area contributed by atoms with Crippen LogP contribution in [0.15, 0.2) is 27.4 Å². The highest BCUT2D eigenvalue weighted by Gasteiger charge is 2.26. The van der Waals surface area contributed by atoms with E-state index < -0.39 is 5.63 Å². The lowest BCUT2D eigenvalue weighted by atomic mass is 10.0. The molecular formula is C18H23NO4. The number of phenols is 1. The Morgan fingerprint density at radius 3 is 2.83 bits per heavy atom. The van der Waals surface area contributed by atoms with Gasteiger partial charge >= 0.3 is 5.63 Å². The third kappa shape index (κ3) is 3.26. The van der Waals surface area contributed by atoms with Crippen LogP contribution < -0.4 is 5.63 Å². The van der Waals surface area contributed by atoms with E-state index in [9.17, 15) is 15.0 Å². The first-order valence-corrected chi connectivity index (χ1v) is 8.07. The number of hydrogen-bond donors (Lipinski definition) is 2. The molecule has 1 fully saturated rings. The Hall–Kier alpha value is -1.85. The Morgan fingerprint density at radius 2 is 2.13 bits per heavy atom. The van der Waals surface area contributed by atoms with E-state index >= 15 is 0 Å². The minimum atomic E-state index is -0.407. The topological polar surface area (TPSA) is 73.9 Å². The molecule has 1 aliphatic carbocycles. The van der Waals surface area contributed by atoms with Crippen molar-refractivity contribution in [3.8, 4) is 5.75 Å². The minimum Gasteiger partial charge on any atom is -0.508 e. The lowest BCUT2D eigenvalue weighted by Gasteiger charge is -2.23. The smallest absolute Gasteiger partial charge is 0.336 e. The molecule has 1 saturated carbocycles. The van der Waals surface area contributed by atoms with Gasteiger partial charge in [0.1, 0.15) is 11.3 Å². The van der Waals surface area contributed by atoms with Crippen molar-refractivity contribution >= 4 is 11.0 Å². The third-order valence-electron chi connectivity index (χ3n) is 4.82. The third-order valence-corrected chi connectivity index (χ3v) is 4.82. The van der Waals surface area contributed by atoms with Gasteiger partial charge < -0.3 is 19.5 Å². The molecule has 2 unspecified atom stereocenters. The molecule has 2 N–H and O–H groups in total. The number of benzene rings is 1. The molecule has 5 heteroatoms. The first-order chi connectivity index (χ1) is 11.0. The van der Waals surface area contributed by atoms with Crippen molar-refractivity contribution in [3.05, 3.63) is 39.7 Å². The molecule has 0 radical (unpaired) electrons. The van der Waals surface area contributed by atoms with Crippen molar-refractivity contribution in [1.29, 1.82) is 0 Å². The fraction of sp³-hybridized carbons (Fsp3) is 0.500. The van der Waals surface area contributed by atoms with Crippen molar-refractivity contribution in [2.45, 2.75) is 38.8 Å². The summed E-state index contributed by atoms with van der Waals surface area (Å²) < 4.78 is 5.27. The van der Waals surface area contributed by atoms with Crippen LogP contribution in [0.2, 0.25) is 0 Å². The van der Waals surface area contributed by atoms with E-state index in [-0.39, 0.29) is 11.9 Å². The number of hydrogen-bond acceptors (Lipinski definition) is 5. The van der Waals surface area contributed by atoms with Crippen LogP contribution in [0.1, 0.15) is 30.4 Å². The molecule has 2 atom stereocenters. The summed E-state index contributed by atoms with van der Waals surface area (Å²) in [6, 6.07) is 4.93. The minimum absolute atomic E-state index is 0.125. The Bertz CT molecular complexity index is 767. The number of nitrogens with zero attached hydrogens (tertiary/aromatic N) is 1. The summed E-state index contributed by atoms with van der Waals surface area (Å²) in [6.45, 7) is 3.15. The zero-order valence-electron chi connectivity index (χ0n) is 13.6. The molecule has 2 aromatic rings. The number of aliphatic hydroxyl groups excluding tert-OH is 1. The maximum Gasteiger partial charge on any atom is 0.336 e. The molecule has 0 amide bonds. The number of aliphatic hydroxyl groups is 1. The number of phenolic OH excluding ortho intramolecular Hbond substituents is 1. The van der Waals surface area contributed by atoms with Crippen molar-refractivity contribution < 1.29 is 14.6 Å². The molecule has 0 aliphatic heterocycles. The van der Waals surface area contributed by atoms with Crippen molar-refractivity contribution in [3.63, 3.8) is 0 Å². The van der Waals surface area contributed by atoms with Gasteiger partial charge in [-0.25, -0.2) is 4.79 Å². The molecule has 23 heavy (non-hydrogen) atoms. The van der Waals surface area contributed by atoms with Crippen molar-refractivity contribution in [2.24, 2.45) is 5.92 Å². The number of rotatable bonds is 4. The summed E-state index contributed by atoms with van der Waals surface area (Å²) >= 11 is 0. The van der Waals surface area contributed by atoms with Gasteiger partial charge in [-0.15, -0.1) is 0 Å². The number of fused-ring (bicyclic) bond motifs is 1. The highest BCUT2D eigenvalue weighted by atomic mass is 16.4. The second kappa shape index (κ2) is 6.34. The van der Waals surface area contributed by atoms with Gasteiger partial charge in [-0.05, 0) is 50.4 Å². The Balaban J connectivity index is 1.87. The SMILES string of the molecule is Cc1c(O)ccc2c(CN(C)CC3CCCC3O)cc(=O)oc12. The maximum atomic E-state index is 11.8. The van der Waals surface area contributed by atoms with E-state index in [1.54, 1.807) is 19.1 Å². The van der Waals surface area contributed by atoms with Gasteiger partial charge in [0.05, 0.1) is 6.10 Å². The van der Waals surface area contributed by atoms with E-state index in [4.69, 9.17) is 4.42 Å². The van der Waals surface area contributed by atoms with E-state index in [0.29, 0.717) is 23.6 Å². The summed E-state index contributed by atoms with van der Waals surface area (Å²) in [4.78, 5) is 14.0. The highest BCUT2D eigenvalue weighted by molar-refractivity contribution is 5.84. The fourth-order valence-corrected chi connectivity index (χ4v) is 3.53. The molecule has 5 nitrogen and oxygen atoms in total. The Morgan fingerprint density at radius 1 is 1.35 bits per heavy atom. The summed E-state index contributed by atoms with van der Waals surface area (Å²) in [5, 5.41) is 20.6. The second-order valence-corrected chi connectivity index (χ2v) is 6.63. The van der Waals surface area contributed by atoms with Crippen LogP contribution in [-0.4, -0.2) is 34.8 Å². The lowest BCUT2D eigenvalue weighted by molar-refractivity contribution is 0.108. The fourth-order valence-electron chi connectivity index (χ4n) is 3.53. The normalized spacial score (nSPS) is 21.4. The molecule has 1 aliphatic rings. The summed E-state index contributed by atoms with van der Waals surface area (Å²) in [5.41, 5.74) is 1.50. The van der Waals surface area contributed by atoms with E-state index in [0.717, 1.165) is 36.8 Å². The van der Waals surface area contributed by atoms with Crippen molar-refractivity contribution in [2.75, 3.05) is 13.6 Å². The Kier molecular flexibility index (Phi) is 4.41. The predicted octanol–water partition coefficient (Wildman–Crippen LogP) is 2.40. The molecule has 0 saturated heterocycles. The van der Waals surface area contributed by atoms with Gasteiger partial charge in [0.15, 0.2) is 0 Å². The Labute approximate surface area is 135 Å². The van der Waals surface area contributed by atoms with Gasteiger partial charge in [0.25, 0.3) is 0 Å². The maximum absolute atomic E-state index is 11.8. The average molecular weight is 317 g/mol. The second-order valence-electron chi connectivity index (χ2n) is 6.63. The van der Waals surface area contributed by atoms with Crippen LogP contribution in [0, 0.1) is 12.8 Å². The van der Waals surface area contributed by atoms with Crippen LogP contribution >= 0.6 is 0 Å². The highest BCUT2D eigenvalue weighted by Crippen LogP contribution is 2.29. The van der Waals surface area contributed by atoms with E-state index in [2.05, 4.69) is 4.90 Å². The largest absolute Gasteiger partial charge is 0.508 e. The molecule has 1 aromatic carbocycles. The van der Waals surface area contributed by atoms with Crippen LogP contribution in [0.3, 0.4) is 0 Å². The zero-order valence-corrected chi connectivity index (χ0v) is 13.6. The van der Waals surface area contributed by atoms with Crippen molar-refractivity contribution in [1.82, 2.24) is 4.90 Å². The predicted molar refractivity (Wildman–Crippen MR) is 88.6 cm³/mol. The first kappa shape index (κ1) is 16.0. The molecule has 0 spiro atoms. The van der Waals surface area contributed by atoms with Gasteiger partial charge in [-0.3, -0.25) is 0 Å². The van der Waals surface area contributed by atoms with Gasteiger partial charge in [0, 0.05) is 30.1 Å². The average Bonchev–Trinajstić information content (AvgIpc) is 2.88. The monoisotopic (exact) mass is 317 g/mol. The van der Waals surface area contributed by atoms with Gasteiger partial charge in [-0.1, -0.05) is 6.42 Å². The molecule has 124 valence electrons. The molecule has 0 bridgehead atoms. The van der Waals surface area contributed by atoms with Gasteiger partial charge in [0.2, 0.25) is 0 Å². The van der Waals surface area contributed by atoms with Gasteiger partial charge in [-0.2, -0.15) is 0 Å². The van der Waals surface area contributed by atoms with E-state index in [1.807, 2.05) is 7.05 Å². The standard InChI is InChI=1S/C18H23NO4/c1-11-15(20)7-6-14-13(8-17(22)23-18(11)14)10-19(2)9-12-4-3-5-16(12)21/h6-8,12,16,20-21H,3-5,9-10H2,1-2H3. The summed E-state index contributed by atoms with van der Waals surface area (Å²) in [6.07, 6.45) is 2.80. The number of aryl methyl sites for hydroxylation is 1. The molecule has 3 rings (SSSR count). The van der Waals surface area contributed by atoms with Crippen LogP contribution in [0.4, 0.5) is 0 Å². The number of aromatic hydroxyl groups is 1. The first-order valence-electron chi connectivity index (χ1n) is 8.07. The van der Waals surface area contributed by atoms with E-state index in [1.165, 1.54) is 6.07 Å². The molecule has 1 heterocycles. The molecular weight excluding hydrogens is 294 g/mol. The summed E-state index contributed by atoms with van der Waals surface area (Å²) in [7, 11) is 2.00. The van der Waals surface area contributed by atoms with Crippen LogP contribution in [-0.2, 0) is 6.54 Å². The lowest BCUT2D eigenvalue weighted by Crippen LogP contribution is -2.29. The quantitative estimate of drug-likeness (QED) is 0.847. The summed E-state index contributed by atoms with van der Waals surface area (Å²) in [5.74, 6) is 0.428. The van der Waals surface area contributed by atoms with Crippen LogP contribution in [0.25, 0.3) is 11.0 Å². The zero-order chi connectivity index (χ0) is 16.6.